The van der Waals surface area contributed by atoms with Crippen LogP contribution in [0.3, 0.4) is 0 Å². The Hall–Kier alpha value is -0.160. The van der Waals surface area contributed by atoms with Crippen molar-refractivity contribution in [1.29, 1.82) is 0 Å². The minimum Gasteiger partial charge on any atom is -0.396 e. The fraction of sp³-hybridized carbons (Fsp3) is 1.00. The van der Waals surface area contributed by atoms with Crippen molar-refractivity contribution in [2.45, 2.75) is 38.1 Å². The number of aliphatic hydroxyl groups excluding tert-OH is 1. The van der Waals surface area contributed by atoms with Gasteiger partial charge in [-0.05, 0) is 50.5 Å². The van der Waals surface area contributed by atoms with Gasteiger partial charge in [-0.1, -0.05) is 0 Å². The molecule has 18 heavy (non-hydrogen) atoms. The van der Waals surface area contributed by atoms with Crippen LogP contribution in [0.15, 0.2) is 0 Å². The molecule has 1 saturated carbocycles. The van der Waals surface area contributed by atoms with Gasteiger partial charge in [0.15, 0.2) is 0 Å². The van der Waals surface area contributed by atoms with Gasteiger partial charge in [-0.3, -0.25) is 0 Å². The average Bonchev–Trinajstić information content (AvgIpc) is 3.18. The Morgan fingerprint density at radius 1 is 1.22 bits per heavy atom. The molecule has 2 rings (SSSR count). The molecule has 4 N–H and O–H groups in total. The minimum absolute atomic E-state index is 0.327. The second-order valence-electron chi connectivity index (χ2n) is 6.06. The molecule has 4 heteroatoms. The number of aliphatic hydroxyl groups is 1. The van der Waals surface area contributed by atoms with Crippen LogP contribution in [0.4, 0.5) is 0 Å². The molecule has 0 aromatic carbocycles. The molecule has 106 valence electrons. The average molecular weight is 255 g/mol. The molecular formula is C14H29N3O. The quantitative estimate of drug-likeness (QED) is 0.588. The third-order valence-corrected chi connectivity index (χ3v) is 4.22. The maximum absolute atomic E-state index is 8.97. The molecule has 2 aliphatic rings. The van der Waals surface area contributed by atoms with E-state index in [-0.39, 0.29) is 0 Å². The van der Waals surface area contributed by atoms with Crippen LogP contribution in [0.2, 0.25) is 0 Å². The molecule has 1 heterocycles. The highest BCUT2D eigenvalue weighted by molar-refractivity contribution is 4.86. The van der Waals surface area contributed by atoms with Crippen molar-refractivity contribution in [2.24, 2.45) is 17.6 Å². The summed E-state index contributed by atoms with van der Waals surface area (Å²) >= 11 is 0. The third kappa shape index (κ3) is 4.84. The van der Waals surface area contributed by atoms with E-state index in [1.165, 1.54) is 32.4 Å². The van der Waals surface area contributed by atoms with Crippen LogP contribution in [0, 0.1) is 11.8 Å². The normalized spacial score (nSPS) is 29.7. The topological polar surface area (TPSA) is 61.5 Å². The van der Waals surface area contributed by atoms with Gasteiger partial charge in [0, 0.05) is 38.8 Å². The number of piperidine rings is 1. The zero-order chi connectivity index (χ0) is 12.8. The zero-order valence-electron chi connectivity index (χ0n) is 11.5. The summed E-state index contributed by atoms with van der Waals surface area (Å²) in [6.07, 6.45) is 6.20. The lowest BCUT2D eigenvalue weighted by Crippen LogP contribution is -2.50. The van der Waals surface area contributed by atoms with Crippen LogP contribution in [-0.4, -0.2) is 55.4 Å². The molecule has 0 spiro atoms. The molecule has 4 nitrogen and oxygen atoms in total. The van der Waals surface area contributed by atoms with Crippen molar-refractivity contribution in [3.63, 3.8) is 0 Å². The summed E-state index contributed by atoms with van der Waals surface area (Å²) in [6.45, 7) is 5.61. The lowest BCUT2D eigenvalue weighted by atomic mass is 9.90. The highest BCUT2D eigenvalue weighted by Crippen LogP contribution is 2.28. The molecule has 2 atom stereocenters. The maximum Gasteiger partial charge on any atom is 0.0431 e. The molecule has 0 bridgehead atoms. The number of rotatable bonds is 8. The summed E-state index contributed by atoms with van der Waals surface area (Å²) in [4.78, 5) is 2.50. The number of hydrogen-bond acceptors (Lipinski definition) is 4. The van der Waals surface area contributed by atoms with Crippen molar-refractivity contribution in [3.8, 4) is 0 Å². The predicted octanol–water partition coefficient (Wildman–Crippen LogP) is 0.408. The lowest BCUT2D eigenvalue weighted by molar-refractivity contribution is 0.132. The van der Waals surface area contributed by atoms with Crippen molar-refractivity contribution in [2.75, 3.05) is 39.3 Å². The van der Waals surface area contributed by atoms with Crippen LogP contribution in [0.5, 0.6) is 0 Å². The van der Waals surface area contributed by atoms with E-state index in [9.17, 15) is 0 Å². The number of nitrogens with two attached hydrogens (primary N) is 1. The van der Waals surface area contributed by atoms with Gasteiger partial charge in [-0.25, -0.2) is 0 Å². The highest BCUT2D eigenvalue weighted by atomic mass is 16.2. The molecule has 0 amide bonds. The Bertz CT molecular complexity index is 233. The summed E-state index contributed by atoms with van der Waals surface area (Å²) in [6, 6.07) is 0.634. The molecule has 0 radical (unpaired) electrons. The smallest absolute Gasteiger partial charge is 0.0431 e. The first kappa shape index (κ1) is 14.3. The molecular weight excluding hydrogens is 226 g/mol. The Kier molecular flexibility index (Phi) is 5.89. The number of hydrogen-bond donors (Lipinski definition) is 3. The summed E-state index contributed by atoms with van der Waals surface area (Å²) in [5.41, 5.74) is 5.68. The first-order valence-corrected chi connectivity index (χ1v) is 7.58. The van der Waals surface area contributed by atoms with Crippen LogP contribution in [0.1, 0.15) is 32.1 Å². The number of nitrogens with one attached hydrogen (secondary N) is 1. The molecule has 2 unspecified atom stereocenters. The van der Waals surface area contributed by atoms with Gasteiger partial charge < -0.3 is 21.1 Å². The van der Waals surface area contributed by atoms with Gasteiger partial charge in [0.1, 0.15) is 0 Å². The summed E-state index contributed by atoms with van der Waals surface area (Å²) < 4.78 is 0. The Balaban J connectivity index is 1.75. The first-order chi connectivity index (χ1) is 8.81. The Labute approximate surface area is 111 Å². The van der Waals surface area contributed by atoms with E-state index in [1.807, 2.05) is 0 Å². The van der Waals surface area contributed by atoms with Gasteiger partial charge in [0.05, 0.1) is 0 Å². The van der Waals surface area contributed by atoms with E-state index in [4.69, 9.17) is 10.8 Å². The van der Waals surface area contributed by atoms with E-state index < -0.39 is 0 Å². The Morgan fingerprint density at radius 2 is 2.06 bits per heavy atom. The zero-order valence-corrected chi connectivity index (χ0v) is 11.5. The van der Waals surface area contributed by atoms with Crippen LogP contribution in [0.25, 0.3) is 0 Å². The summed E-state index contributed by atoms with van der Waals surface area (Å²) in [5.74, 6) is 1.68. The predicted molar refractivity (Wildman–Crippen MR) is 74.4 cm³/mol. The largest absolute Gasteiger partial charge is 0.396 e. The first-order valence-electron chi connectivity index (χ1n) is 7.58. The van der Waals surface area contributed by atoms with Gasteiger partial charge in [0.2, 0.25) is 0 Å². The fourth-order valence-electron chi connectivity index (χ4n) is 3.06. The summed E-state index contributed by atoms with van der Waals surface area (Å²) in [7, 11) is 0. The third-order valence-electron chi connectivity index (χ3n) is 4.22. The van der Waals surface area contributed by atoms with E-state index >= 15 is 0 Å². The van der Waals surface area contributed by atoms with E-state index in [0.29, 0.717) is 12.6 Å². The van der Waals surface area contributed by atoms with Gasteiger partial charge >= 0.3 is 0 Å². The van der Waals surface area contributed by atoms with E-state index in [0.717, 1.165) is 44.3 Å². The maximum atomic E-state index is 8.97. The van der Waals surface area contributed by atoms with Crippen LogP contribution >= 0.6 is 0 Å². The van der Waals surface area contributed by atoms with E-state index in [2.05, 4.69) is 10.2 Å². The SMILES string of the molecule is NCCN1CC(CCCO)CC(NCC2CC2)C1. The molecule has 1 aliphatic heterocycles. The van der Waals surface area contributed by atoms with Gasteiger partial charge in [0.25, 0.3) is 0 Å². The minimum atomic E-state index is 0.327. The standard InChI is InChI=1S/C14H29N3O/c15-5-6-17-10-13(2-1-7-18)8-14(11-17)16-9-12-3-4-12/h12-14,16,18H,1-11,15H2. The van der Waals surface area contributed by atoms with Crippen LogP contribution in [-0.2, 0) is 0 Å². The monoisotopic (exact) mass is 255 g/mol. The number of likely N-dealkylation sites (tertiary alicyclic amines) is 1. The highest BCUT2D eigenvalue weighted by Gasteiger charge is 2.28. The van der Waals surface area contributed by atoms with Gasteiger partial charge in [-0.2, -0.15) is 0 Å². The van der Waals surface area contributed by atoms with E-state index in [1.54, 1.807) is 0 Å². The Morgan fingerprint density at radius 3 is 2.72 bits per heavy atom. The van der Waals surface area contributed by atoms with Crippen molar-refractivity contribution < 1.29 is 5.11 Å². The summed E-state index contributed by atoms with van der Waals surface area (Å²) in [5, 5.41) is 12.7. The molecule has 1 aliphatic carbocycles. The molecule has 0 aromatic rings. The van der Waals surface area contributed by atoms with Crippen molar-refractivity contribution >= 4 is 0 Å². The van der Waals surface area contributed by atoms with Crippen molar-refractivity contribution in [3.05, 3.63) is 0 Å². The van der Waals surface area contributed by atoms with Crippen molar-refractivity contribution in [1.82, 2.24) is 10.2 Å². The van der Waals surface area contributed by atoms with Gasteiger partial charge in [-0.15, -0.1) is 0 Å². The molecule has 0 aromatic heterocycles. The molecule has 2 fully saturated rings. The van der Waals surface area contributed by atoms with Crippen LogP contribution < -0.4 is 11.1 Å². The molecule has 1 saturated heterocycles. The second-order valence-corrected chi connectivity index (χ2v) is 6.06. The number of nitrogens with zero attached hydrogens (tertiary/aromatic N) is 1. The fourth-order valence-corrected chi connectivity index (χ4v) is 3.06. The second kappa shape index (κ2) is 7.43. The lowest BCUT2D eigenvalue weighted by Gasteiger charge is -2.38.